The fourth-order valence-electron chi connectivity index (χ4n) is 2.84. The Morgan fingerprint density at radius 3 is 2.10 bits per heavy atom. The van der Waals surface area contributed by atoms with Crippen molar-refractivity contribution in [2.75, 3.05) is 13.2 Å². The smallest absolute Gasteiger partial charge is 0.232 e. The van der Waals surface area contributed by atoms with E-state index in [0.717, 1.165) is 23.3 Å². The number of hydrogen-bond acceptors (Lipinski definition) is 2. The van der Waals surface area contributed by atoms with Crippen LogP contribution in [0.2, 0.25) is 0 Å². The van der Waals surface area contributed by atoms with Gasteiger partial charge in [-0.05, 0) is 23.3 Å². The van der Waals surface area contributed by atoms with Crippen LogP contribution in [0.15, 0.2) is 78.9 Å². The highest BCUT2D eigenvalue weighted by atomic mass is 19.1. The fourth-order valence-corrected chi connectivity index (χ4v) is 2.84. The monoisotopic (exact) mass is 391 g/mol. The Morgan fingerprint density at radius 2 is 1.52 bits per heavy atom. The van der Waals surface area contributed by atoms with Crippen LogP contribution >= 0.6 is 0 Å². The summed E-state index contributed by atoms with van der Waals surface area (Å²) in [5.74, 6) is 3.34. The summed E-state index contributed by atoms with van der Waals surface area (Å²) < 4.78 is 31.5. The topological polar surface area (TPSA) is 38.3 Å². The van der Waals surface area contributed by atoms with Crippen molar-refractivity contribution in [3.05, 3.63) is 102 Å². The Morgan fingerprint density at radius 1 is 0.897 bits per heavy atom. The molecular formula is C24H19F2NO2. The van der Waals surface area contributed by atoms with E-state index >= 15 is 0 Å². The van der Waals surface area contributed by atoms with Crippen LogP contribution in [-0.4, -0.2) is 19.1 Å². The first-order valence-electron chi connectivity index (χ1n) is 9.06. The first-order valence-corrected chi connectivity index (χ1v) is 9.06. The molecule has 0 spiro atoms. The van der Waals surface area contributed by atoms with Gasteiger partial charge < -0.3 is 10.1 Å². The third-order valence-corrected chi connectivity index (χ3v) is 4.20. The van der Waals surface area contributed by atoms with Crippen molar-refractivity contribution < 1.29 is 18.3 Å². The Balaban J connectivity index is 1.58. The highest BCUT2D eigenvalue weighted by Crippen LogP contribution is 2.24. The van der Waals surface area contributed by atoms with Gasteiger partial charge in [-0.15, -0.1) is 0 Å². The number of carbonyl (C=O) groups is 1. The first kappa shape index (κ1) is 20.1. The molecule has 0 heterocycles. The summed E-state index contributed by atoms with van der Waals surface area (Å²) >= 11 is 0. The van der Waals surface area contributed by atoms with Gasteiger partial charge in [0.05, 0.1) is 12.5 Å². The number of amides is 1. The standard InChI is InChI=1S/C24H19F2NO2/c25-20-13-14-22(21(26)17-20)29-16-8-7-15-27-24(28)23(18-9-3-1-4-10-18)19-11-5-2-6-12-19/h1-6,9-14,17,23H,15-16H2,(H,27,28). The lowest BCUT2D eigenvalue weighted by Gasteiger charge is -2.17. The highest BCUT2D eigenvalue weighted by molar-refractivity contribution is 5.87. The fraction of sp³-hybridized carbons (Fsp3) is 0.125. The van der Waals surface area contributed by atoms with E-state index < -0.39 is 17.6 Å². The summed E-state index contributed by atoms with van der Waals surface area (Å²) in [5, 5.41) is 2.81. The molecular weight excluding hydrogens is 372 g/mol. The van der Waals surface area contributed by atoms with Gasteiger partial charge >= 0.3 is 0 Å². The van der Waals surface area contributed by atoms with Crippen LogP contribution in [0.5, 0.6) is 5.75 Å². The lowest BCUT2D eigenvalue weighted by Crippen LogP contribution is -2.30. The Bertz CT molecular complexity index is 972. The zero-order chi connectivity index (χ0) is 20.5. The number of carbonyl (C=O) groups excluding carboxylic acids is 1. The van der Waals surface area contributed by atoms with E-state index in [0.29, 0.717) is 0 Å². The van der Waals surface area contributed by atoms with E-state index in [4.69, 9.17) is 4.74 Å². The minimum atomic E-state index is -0.784. The van der Waals surface area contributed by atoms with E-state index in [9.17, 15) is 13.6 Å². The second-order valence-corrected chi connectivity index (χ2v) is 6.19. The number of hydrogen-bond donors (Lipinski definition) is 1. The average Bonchev–Trinajstić information content (AvgIpc) is 2.73. The van der Waals surface area contributed by atoms with Crippen LogP contribution in [0.1, 0.15) is 17.0 Å². The maximum absolute atomic E-state index is 13.5. The van der Waals surface area contributed by atoms with Gasteiger partial charge in [0.15, 0.2) is 11.6 Å². The highest BCUT2D eigenvalue weighted by Gasteiger charge is 2.21. The SMILES string of the molecule is O=C(NCC#CCOc1ccc(F)cc1F)C(c1ccccc1)c1ccccc1. The number of nitrogens with one attached hydrogen (secondary N) is 1. The zero-order valence-electron chi connectivity index (χ0n) is 15.6. The van der Waals surface area contributed by atoms with E-state index in [1.165, 1.54) is 6.07 Å². The third kappa shape index (κ3) is 5.66. The van der Waals surface area contributed by atoms with Gasteiger partial charge in [-0.3, -0.25) is 4.79 Å². The Kier molecular flexibility index (Phi) is 6.96. The molecule has 0 unspecified atom stereocenters. The lowest BCUT2D eigenvalue weighted by molar-refractivity contribution is -0.121. The third-order valence-electron chi connectivity index (χ3n) is 4.20. The largest absolute Gasteiger partial charge is 0.478 e. The molecule has 29 heavy (non-hydrogen) atoms. The van der Waals surface area contributed by atoms with E-state index in [1.54, 1.807) is 0 Å². The van der Waals surface area contributed by atoms with Crippen molar-refractivity contribution in [1.82, 2.24) is 5.32 Å². The summed E-state index contributed by atoms with van der Waals surface area (Å²) in [6.07, 6.45) is 0. The normalized spacial score (nSPS) is 10.2. The van der Waals surface area contributed by atoms with Crippen molar-refractivity contribution in [1.29, 1.82) is 0 Å². The van der Waals surface area contributed by atoms with Crippen LogP contribution in [0.25, 0.3) is 0 Å². The molecule has 5 heteroatoms. The summed E-state index contributed by atoms with van der Waals surface area (Å²) in [7, 11) is 0. The lowest BCUT2D eigenvalue weighted by atomic mass is 9.90. The van der Waals surface area contributed by atoms with Crippen molar-refractivity contribution in [3.63, 3.8) is 0 Å². The molecule has 0 saturated heterocycles. The zero-order valence-corrected chi connectivity index (χ0v) is 15.6. The second kappa shape index (κ2) is 10.0. The predicted octanol–water partition coefficient (Wildman–Crippen LogP) is 4.30. The van der Waals surface area contributed by atoms with Crippen LogP contribution in [0, 0.1) is 23.5 Å². The molecule has 0 aromatic heterocycles. The molecule has 146 valence electrons. The number of rotatable bonds is 6. The molecule has 0 radical (unpaired) electrons. The minimum absolute atomic E-state index is 0.0702. The van der Waals surface area contributed by atoms with Gasteiger partial charge in [-0.1, -0.05) is 72.5 Å². The van der Waals surface area contributed by atoms with Crippen LogP contribution in [-0.2, 0) is 4.79 Å². The van der Waals surface area contributed by atoms with Crippen molar-refractivity contribution in [2.45, 2.75) is 5.92 Å². The molecule has 0 saturated carbocycles. The Hall–Kier alpha value is -3.65. The Labute approximate surface area is 168 Å². The van der Waals surface area contributed by atoms with Crippen LogP contribution in [0.3, 0.4) is 0 Å². The van der Waals surface area contributed by atoms with Gasteiger partial charge in [-0.2, -0.15) is 0 Å². The van der Waals surface area contributed by atoms with Gasteiger partial charge in [0, 0.05) is 6.07 Å². The van der Waals surface area contributed by atoms with Crippen molar-refractivity contribution >= 4 is 5.91 Å². The molecule has 1 N–H and O–H groups in total. The number of ether oxygens (including phenoxy) is 1. The molecule has 0 aliphatic carbocycles. The van der Waals surface area contributed by atoms with Crippen molar-refractivity contribution in [2.24, 2.45) is 0 Å². The van der Waals surface area contributed by atoms with Crippen LogP contribution in [0.4, 0.5) is 8.78 Å². The maximum atomic E-state index is 13.5. The van der Waals surface area contributed by atoms with Crippen LogP contribution < -0.4 is 10.1 Å². The molecule has 0 aliphatic heterocycles. The van der Waals surface area contributed by atoms with Gasteiger partial charge in [0.2, 0.25) is 5.91 Å². The van der Waals surface area contributed by atoms with E-state index in [2.05, 4.69) is 17.2 Å². The van der Waals surface area contributed by atoms with E-state index in [-0.39, 0.29) is 24.8 Å². The summed E-state index contributed by atoms with van der Waals surface area (Å²) in [5.41, 5.74) is 1.78. The van der Waals surface area contributed by atoms with Gasteiger partial charge in [0.25, 0.3) is 0 Å². The average molecular weight is 391 g/mol. The molecule has 3 nitrogen and oxygen atoms in total. The van der Waals surface area contributed by atoms with Crippen molar-refractivity contribution in [3.8, 4) is 17.6 Å². The quantitative estimate of drug-likeness (QED) is 0.637. The maximum Gasteiger partial charge on any atom is 0.232 e. The molecule has 0 atom stereocenters. The molecule has 0 bridgehead atoms. The van der Waals surface area contributed by atoms with E-state index in [1.807, 2.05) is 60.7 Å². The number of benzene rings is 3. The first-order chi connectivity index (χ1) is 14.1. The molecule has 1 amide bonds. The second-order valence-electron chi connectivity index (χ2n) is 6.19. The predicted molar refractivity (Wildman–Crippen MR) is 107 cm³/mol. The summed E-state index contributed by atoms with van der Waals surface area (Å²) in [4.78, 5) is 12.8. The molecule has 0 aliphatic rings. The summed E-state index contributed by atoms with van der Waals surface area (Å²) in [6, 6.07) is 22.1. The minimum Gasteiger partial charge on any atom is -0.478 e. The van der Waals surface area contributed by atoms with Gasteiger partial charge in [0.1, 0.15) is 12.4 Å². The molecule has 3 rings (SSSR count). The molecule has 0 fully saturated rings. The molecule has 3 aromatic rings. The molecule has 3 aromatic carbocycles. The summed E-state index contributed by atoms with van der Waals surface area (Å²) in [6.45, 7) is 0.0590. The van der Waals surface area contributed by atoms with Gasteiger partial charge in [-0.25, -0.2) is 8.78 Å². The number of halogens is 2.